The molecule has 0 heterocycles. The van der Waals surface area contributed by atoms with Gasteiger partial charge in [0.15, 0.2) is 0 Å². The molecule has 1 aliphatic carbocycles. The summed E-state index contributed by atoms with van der Waals surface area (Å²) < 4.78 is 11.4. The van der Waals surface area contributed by atoms with E-state index in [0.717, 1.165) is 24.2 Å². The Bertz CT molecular complexity index is 399. The standard InChI is InChI=1S/C16H25NO2/c1-3-19-14-9-7-8-13(12-14)15(17)16(18-2)10-5-4-6-11-16/h7-9,12,15H,3-6,10-11,17H2,1-2H3. The monoisotopic (exact) mass is 263 g/mol. The number of hydrogen-bond acceptors (Lipinski definition) is 3. The number of benzene rings is 1. The summed E-state index contributed by atoms with van der Waals surface area (Å²) in [5.74, 6) is 0.887. The molecule has 1 unspecified atom stereocenters. The molecular weight excluding hydrogens is 238 g/mol. The summed E-state index contributed by atoms with van der Waals surface area (Å²) in [7, 11) is 1.79. The zero-order chi connectivity index (χ0) is 13.7. The van der Waals surface area contributed by atoms with Crippen molar-refractivity contribution in [3.63, 3.8) is 0 Å². The quantitative estimate of drug-likeness (QED) is 0.885. The minimum absolute atomic E-state index is 0.0850. The van der Waals surface area contributed by atoms with Gasteiger partial charge < -0.3 is 15.2 Å². The molecule has 0 aromatic heterocycles. The van der Waals surface area contributed by atoms with Gasteiger partial charge in [-0.05, 0) is 37.5 Å². The second kappa shape index (κ2) is 6.40. The van der Waals surface area contributed by atoms with Crippen LogP contribution in [0.3, 0.4) is 0 Å². The first-order valence-electron chi connectivity index (χ1n) is 7.25. The first kappa shape index (κ1) is 14.4. The fourth-order valence-electron chi connectivity index (χ4n) is 3.06. The highest BCUT2D eigenvalue weighted by Crippen LogP contribution is 2.40. The molecule has 1 fully saturated rings. The third-order valence-corrected chi connectivity index (χ3v) is 4.20. The van der Waals surface area contributed by atoms with Crippen LogP contribution in [0, 0.1) is 0 Å². The van der Waals surface area contributed by atoms with E-state index < -0.39 is 0 Å². The van der Waals surface area contributed by atoms with Crippen molar-refractivity contribution in [1.29, 1.82) is 0 Å². The van der Waals surface area contributed by atoms with Gasteiger partial charge in [0.05, 0.1) is 18.2 Å². The average Bonchev–Trinajstić information content (AvgIpc) is 2.48. The summed E-state index contributed by atoms with van der Waals surface area (Å²) in [4.78, 5) is 0. The average molecular weight is 263 g/mol. The summed E-state index contributed by atoms with van der Waals surface area (Å²) in [6, 6.07) is 8.01. The number of methoxy groups -OCH3 is 1. The molecule has 1 saturated carbocycles. The molecular formula is C16H25NO2. The summed E-state index contributed by atoms with van der Waals surface area (Å²) >= 11 is 0. The Hall–Kier alpha value is -1.06. The third kappa shape index (κ3) is 3.10. The molecule has 19 heavy (non-hydrogen) atoms. The van der Waals surface area contributed by atoms with Gasteiger partial charge in [-0.25, -0.2) is 0 Å². The van der Waals surface area contributed by atoms with Crippen LogP contribution < -0.4 is 10.5 Å². The van der Waals surface area contributed by atoms with E-state index in [1.165, 1.54) is 19.3 Å². The predicted octanol–water partition coefficient (Wildman–Crippen LogP) is 3.43. The number of hydrogen-bond donors (Lipinski definition) is 1. The highest BCUT2D eigenvalue weighted by molar-refractivity contribution is 5.32. The van der Waals surface area contributed by atoms with Gasteiger partial charge in [0.25, 0.3) is 0 Å². The van der Waals surface area contributed by atoms with E-state index in [1.807, 2.05) is 25.1 Å². The maximum Gasteiger partial charge on any atom is 0.119 e. The molecule has 2 rings (SSSR count). The normalized spacial score (nSPS) is 19.9. The highest BCUT2D eigenvalue weighted by atomic mass is 16.5. The van der Waals surface area contributed by atoms with Crippen LogP contribution in [0.5, 0.6) is 5.75 Å². The summed E-state index contributed by atoms with van der Waals surface area (Å²) in [5, 5.41) is 0. The lowest BCUT2D eigenvalue weighted by atomic mass is 9.77. The van der Waals surface area contributed by atoms with Gasteiger partial charge in [-0.3, -0.25) is 0 Å². The van der Waals surface area contributed by atoms with E-state index in [2.05, 4.69) is 6.07 Å². The van der Waals surface area contributed by atoms with E-state index in [1.54, 1.807) is 7.11 Å². The van der Waals surface area contributed by atoms with Crippen LogP contribution in [-0.4, -0.2) is 19.3 Å². The van der Waals surface area contributed by atoms with Gasteiger partial charge >= 0.3 is 0 Å². The summed E-state index contributed by atoms with van der Waals surface area (Å²) in [5.41, 5.74) is 7.40. The Balaban J connectivity index is 2.21. The first-order valence-corrected chi connectivity index (χ1v) is 7.25. The van der Waals surface area contributed by atoms with Gasteiger partial charge in [-0.15, -0.1) is 0 Å². The van der Waals surface area contributed by atoms with Crippen LogP contribution >= 0.6 is 0 Å². The Morgan fingerprint density at radius 1 is 1.26 bits per heavy atom. The van der Waals surface area contributed by atoms with Crippen molar-refractivity contribution in [1.82, 2.24) is 0 Å². The Morgan fingerprint density at radius 3 is 2.63 bits per heavy atom. The topological polar surface area (TPSA) is 44.5 Å². The van der Waals surface area contributed by atoms with E-state index in [9.17, 15) is 0 Å². The molecule has 0 aliphatic heterocycles. The van der Waals surface area contributed by atoms with Crippen LogP contribution in [0.2, 0.25) is 0 Å². The molecule has 0 spiro atoms. The van der Waals surface area contributed by atoms with Crippen LogP contribution in [0.1, 0.15) is 50.6 Å². The van der Waals surface area contributed by atoms with Gasteiger partial charge in [-0.2, -0.15) is 0 Å². The maximum atomic E-state index is 6.50. The van der Waals surface area contributed by atoms with Crippen molar-refractivity contribution in [2.24, 2.45) is 5.73 Å². The smallest absolute Gasteiger partial charge is 0.119 e. The molecule has 2 N–H and O–H groups in total. The van der Waals surface area contributed by atoms with E-state index >= 15 is 0 Å². The molecule has 0 saturated heterocycles. The third-order valence-electron chi connectivity index (χ3n) is 4.20. The highest BCUT2D eigenvalue weighted by Gasteiger charge is 2.38. The van der Waals surface area contributed by atoms with Crippen molar-refractivity contribution < 1.29 is 9.47 Å². The van der Waals surface area contributed by atoms with E-state index in [0.29, 0.717) is 6.61 Å². The second-order valence-corrected chi connectivity index (χ2v) is 5.31. The molecule has 1 aliphatic rings. The molecule has 106 valence electrons. The Morgan fingerprint density at radius 2 is 2.00 bits per heavy atom. The lowest BCUT2D eigenvalue weighted by Gasteiger charge is -2.41. The van der Waals surface area contributed by atoms with Crippen LogP contribution in [0.15, 0.2) is 24.3 Å². The molecule has 0 amide bonds. The first-order chi connectivity index (χ1) is 9.22. The zero-order valence-electron chi connectivity index (χ0n) is 12.0. The summed E-state index contributed by atoms with van der Waals surface area (Å²) in [6.45, 7) is 2.67. The minimum Gasteiger partial charge on any atom is -0.494 e. The molecule has 3 heteroatoms. The largest absolute Gasteiger partial charge is 0.494 e. The van der Waals surface area contributed by atoms with Gasteiger partial charge in [0.2, 0.25) is 0 Å². The van der Waals surface area contributed by atoms with E-state index in [-0.39, 0.29) is 11.6 Å². The molecule has 1 atom stereocenters. The van der Waals surface area contributed by atoms with Gasteiger partial charge in [-0.1, -0.05) is 31.4 Å². The second-order valence-electron chi connectivity index (χ2n) is 5.31. The fraction of sp³-hybridized carbons (Fsp3) is 0.625. The van der Waals surface area contributed by atoms with Crippen LogP contribution in [0.4, 0.5) is 0 Å². The SMILES string of the molecule is CCOc1cccc(C(N)C2(OC)CCCCC2)c1. The number of rotatable bonds is 5. The van der Waals surface area contributed by atoms with Crippen LogP contribution in [0.25, 0.3) is 0 Å². The van der Waals surface area contributed by atoms with Crippen molar-refractivity contribution in [2.45, 2.75) is 50.7 Å². The molecule has 1 aromatic rings. The van der Waals surface area contributed by atoms with Gasteiger partial charge in [0, 0.05) is 7.11 Å². The zero-order valence-corrected chi connectivity index (χ0v) is 12.0. The predicted molar refractivity (Wildman–Crippen MR) is 77.4 cm³/mol. The molecule has 0 radical (unpaired) electrons. The van der Waals surface area contributed by atoms with E-state index in [4.69, 9.17) is 15.2 Å². The Kier molecular flexibility index (Phi) is 4.83. The number of ether oxygens (including phenoxy) is 2. The van der Waals surface area contributed by atoms with Crippen LogP contribution in [-0.2, 0) is 4.74 Å². The summed E-state index contributed by atoms with van der Waals surface area (Å²) in [6.07, 6.45) is 5.78. The maximum absolute atomic E-state index is 6.50. The van der Waals surface area contributed by atoms with Crippen molar-refractivity contribution in [3.05, 3.63) is 29.8 Å². The minimum atomic E-state index is -0.205. The fourth-order valence-corrected chi connectivity index (χ4v) is 3.06. The Labute approximate surface area is 116 Å². The molecule has 3 nitrogen and oxygen atoms in total. The molecule has 0 bridgehead atoms. The van der Waals surface area contributed by atoms with Crippen molar-refractivity contribution >= 4 is 0 Å². The molecule has 1 aromatic carbocycles. The van der Waals surface area contributed by atoms with Gasteiger partial charge in [0.1, 0.15) is 5.75 Å². The number of nitrogens with two attached hydrogens (primary N) is 1. The lowest BCUT2D eigenvalue weighted by Crippen LogP contribution is -2.44. The van der Waals surface area contributed by atoms with Crippen molar-refractivity contribution in [3.8, 4) is 5.75 Å². The lowest BCUT2D eigenvalue weighted by molar-refractivity contribution is -0.0595. The van der Waals surface area contributed by atoms with Crippen molar-refractivity contribution in [2.75, 3.05) is 13.7 Å².